The molecule has 0 amide bonds. The van der Waals surface area contributed by atoms with Gasteiger partial charge in [-0.1, -0.05) is 0 Å². The van der Waals surface area contributed by atoms with Gasteiger partial charge in [-0.05, 0) is 25.4 Å². The Balaban J connectivity index is 0.00000144. The van der Waals surface area contributed by atoms with Crippen LogP contribution in [0.5, 0.6) is 0 Å². The van der Waals surface area contributed by atoms with Gasteiger partial charge in [-0.15, -0.1) is 21.5 Å². The molecule has 22 heavy (non-hydrogen) atoms. The van der Waals surface area contributed by atoms with E-state index in [9.17, 15) is 0 Å². The number of piperidine rings is 1. The van der Waals surface area contributed by atoms with Crippen LogP contribution in [0.4, 0.5) is 5.82 Å². The summed E-state index contributed by atoms with van der Waals surface area (Å²) in [4.78, 5) is 11.2. The summed E-state index contributed by atoms with van der Waals surface area (Å²) < 4.78 is 0. The molecule has 4 heterocycles. The molecule has 7 nitrogen and oxygen atoms in total. The van der Waals surface area contributed by atoms with Crippen molar-refractivity contribution in [3.8, 4) is 0 Å². The SMILES string of the molecule is Cc1nnc(C2CCCN(c3cnc4cn[n-]c4n3)C2)s1.[Re]. The molecule has 1 radical (unpaired) electrons. The van der Waals surface area contributed by atoms with E-state index >= 15 is 0 Å². The number of aromatic nitrogens is 6. The number of aryl methyl sites for hydroxylation is 1. The maximum atomic E-state index is 4.55. The van der Waals surface area contributed by atoms with Crippen LogP contribution in [0.25, 0.3) is 11.2 Å². The Hall–Kier alpha value is -1.43. The fourth-order valence-corrected chi connectivity index (χ4v) is 3.52. The van der Waals surface area contributed by atoms with Gasteiger partial charge in [0.05, 0.1) is 11.7 Å². The first kappa shape index (κ1) is 15.5. The summed E-state index contributed by atoms with van der Waals surface area (Å²) >= 11 is 1.69. The molecule has 0 aromatic carbocycles. The van der Waals surface area contributed by atoms with Crippen LogP contribution in [0.2, 0.25) is 0 Å². The minimum Gasteiger partial charge on any atom is -0.418 e. The minimum absolute atomic E-state index is 0. The number of nitrogens with zero attached hydrogens (tertiary/aromatic N) is 7. The van der Waals surface area contributed by atoms with E-state index < -0.39 is 0 Å². The van der Waals surface area contributed by atoms with E-state index in [1.165, 1.54) is 0 Å². The Morgan fingerprint density at radius 3 is 3.05 bits per heavy atom. The summed E-state index contributed by atoms with van der Waals surface area (Å²) in [6.07, 6.45) is 5.71. The van der Waals surface area contributed by atoms with Crippen molar-refractivity contribution in [2.45, 2.75) is 25.7 Å². The molecule has 0 N–H and O–H groups in total. The third kappa shape index (κ3) is 2.89. The molecule has 9 heteroatoms. The van der Waals surface area contributed by atoms with Gasteiger partial charge in [0.1, 0.15) is 10.0 Å². The van der Waals surface area contributed by atoms with Crippen molar-refractivity contribution < 1.29 is 20.4 Å². The third-order valence-corrected chi connectivity index (χ3v) is 4.74. The van der Waals surface area contributed by atoms with E-state index in [4.69, 9.17) is 0 Å². The predicted octanol–water partition coefficient (Wildman–Crippen LogP) is 1.52. The number of fused-ring (bicyclic) bond motifs is 1. The van der Waals surface area contributed by atoms with Crippen molar-refractivity contribution >= 4 is 28.3 Å². The van der Waals surface area contributed by atoms with Crippen molar-refractivity contribution in [3.63, 3.8) is 0 Å². The predicted molar refractivity (Wildman–Crippen MR) is 79.5 cm³/mol. The molecule has 3 aromatic heterocycles. The molecule has 0 aliphatic carbocycles. The van der Waals surface area contributed by atoms with E-state index in [-0.39, 0.29) is 20.4 Å². The fraction of sp³-hybridized carbons (Fsp3) is 0.462. The largest absolute Gasteiger partial charge is 0.418 e. The van der Waals surface area contributed by atoms with E-state index in [2.05, 4.69) is 35.3 Å². The normalized spacial score (nSPS) is 18.4. The number of rotatable bonds is 2. The maximum absolute atomic E-state index is 4.55. The first-order chi connectivity index (χ1) is 10.3. The van der Waals surface area contributed by atoms with Gasteiger partial charge in [0, 0.05) is 51.4 Å². The van der Waals surface area contributed by atoms with Crippen molar-refractivity contribution in [2.24, 2.45) is 0 Å². The summed E-state index contributed by atoms with van der Waals surface area (Å²) in [6, 6.07) is 0. The molecule has 4 rings (SSSR count). The van der Waals surface area contributed by atoms with Crippen molar-refractivity contribution in [1.29, 1.82) is 0 Å². The molecule has 0 spiro atoms. The molecule has 3 aromatic rings. The van der Waals surface area contributed by atoms with Gasteiger partial charge < -0.3 is 15.0 Å². The Morgan fingerprint density at radius 1 is 1.32 bits per heavy atom. The van der Waals surface area contributed by atoms with E-state index in [0.717, 1.165) is 47.3 Å². The zero-order valence-electron chi connectivity index (χ0n) is 12.0. The van der Waals surface area contributed by atoms with Gasteiger partial charge in [-0.25, -0.2) is 0 Å². The van der Waals surface area contributed by atoms with Crippen LogP contribution >= 0.6 is 11.3 Å². The molecule has 1 unspecified atom stereocenters. The van der Waals surface area contributed by atoms with Crippen LogP contribution in [0.3, 0.4) is 0 Å². The molecule has 1 fully saturated rings. The average Bonchev–Trinajstić information content (AvgIpc) is 3.15. The molecule has 1 aliphatic heterocycles. The Bertz CT molecular complexity index is 770. The van der Waals surface area contributed by atoms with Gasteiger partial charge in [-0.2, -0.15) is 0 Å². The summed E-state index contributed by atoms with van der Waals surface area (Å²) in [5, 5.41) is 18.4. The van der Waals surface area contributed by atoms with Gasteiger partial charge in [0.2, 0.25) is 0 Å². The third-order valence-electron chi connectivity index (χ3n) is 3.74. The molecule has 1 atom stereocenters. The van der Waals surface area contributed by atoms with Crippen LogP contribution in [0.1, 0.15) is 28.8 Å². The number of anilines is 1. The van der Waals surface area contributed by atoms with Crippen molar-refractivity contribution in [2.75, 3.05) is 18.0 Å². The zero-order chi connectivity index (χ0) is 14.2. The standard InChI is InChI=1S/C13H14N7S.Re/c1-8-17-19-13(21-8)9-3-2-4-20(7-9)11-6-14-10-5-15-18-12(10)16-11;/h5-6,9H,2-4,7H2,1H3;/q-1;. The summed E-state index contributed by atoms with van der Waals surface area (Å²) in [5.74, 6) is 1.29. The molecule has 1 saturated heterocycles. The second kappa shape index (κ2) is 6.36. The fourth-order valence-electron chi connectivity index (χ4n) is 2.70. The Labute approximate surface area is 145 Å². The number of hydrogen-bond acceptors (Lipinski definition) is 7. The molecule has 0 bridgehead atoms. The zero-order valence-corrected chi connectivity index (χ0v) is 15.5. The molecular formula is C13H14N7ReS-. The quantitative estimate of drug-likeness (QED) is 0.543. The van der Waals surface area contributed by atoms with Crippen LogP contribution < -0.4 is 10.00 Å². The topological polar surface area (TPSA) is 81.8 Å². The molecule has 0 saturated carbocycles. The van der Waals surface area contributed by atoms with E-state index in [1.807, 2.05) is 6.92 Å². The van der Waals surface area contributed by atoms with Gasteiger partial charge >= 0.3 is 0 Å². The molecular weight excluding hydrogens is 472 g/mol. The van der Waals surface area contributed by atoms with Crippen molar-refractivity contribution in [3.05, 3.63) is 22.4 Å². The van der Waals surface area contributed by atoms with Crippen LogP contribution in [0.15, 0.2) is 12.4 Å². The first-order valence-electron chi connectivity index (χ1n) is 6.95. The second-order valence-corrected chi connectivity index (χ2v) is 6.44. The van der Waals surface area contributed by atoms with Crippen LogP contribution in [0, 0.1) is 6.92 Å². The molecule has 1 aliphatic rings. The Kier molecular flexibility index (Phi) is 4.47. The summed E-state index contributed by atoms with van der Waals surface area (Å²) in [7, 11) is 0. The Morgan fingerprint density at radius 2 is 2.23 bits per heavy atom. The van der Waals surface area contributed by atoms with E-state index in [0.29, 0.717) is 11.6 Å². The van der Waals surface area contributed by atoms with Gasteiger partial charge in [-0.3, -0.25) is 10.1 Å². The summed E-state index contributed by atoms with van der Waals surface area (Å²) in [5.41, 5.74) is 1.36. The summed E-state index contributed by atoms with van der Waals surface area (Å²) in [6.45, 7) is 3.89. The van der Waals surface area contributed by atoms with Crippen molar-refractivity contribution in [1.82, 2.24) is 30.4 Å². The van der Waals surface area contributed by atoms with Gasteiger partial charge in [0.25, 0.3) is 0 Å². The first-order valence-corrected chi connectivity index (χ1v) is 7.77. The van der Waals surface area contributed by atoms with Gasteiger partial charge in [0.15, 0.2) is 0 Å². The van der Waals surface area contributed by atoms with Crippen LogP contribution in [-0.4, -0.2) is 38.4 Å². The number of hydrogen-bond donors (Lipinski definition) is 0. The average molecular weight is 487 g/mol. The second-order valence-electron chi connectivity index (χ2n) is 5.23. The monoisotopic (exact) mass is 487 g/mol. The maximum Gasteiger partial charge on any atom is 0.122 e. The smallest absolute Gasteiger partial charge is 0.122 e. The van der Waals surface area contributed by atoms with E-state index in [1.54, 1.807) is 23.7 Å². The molecule has 115 valence electrons. The van der Waals surface area contributed by atoms with Crippen LogP contribution in [-0.2, 0) is 20.4 Å². The minimum atomic E-state index is 0.